The van der Waals surface area contributed by atoms with Crippen molar-refractivity contribution in [1.29, 1.82) is 0 Å². The predicted molar refractivity (Wildman–Crippen MR) is 36.7 cm³/mol. The highest BCUT2D eigenvalue weighted by molar-refractivity contribution is 5.77. The smallest absolute Gasteiger partial charge is 0.132 e. The quantitative estimate of drug-likeness (QED) is 0.418. The molecular formula is C6H14N2O. The van der Waals surface area contributed by atoms with E-state index in [2.05, 4.69) is 5.43 Å². The summed E-state index contributed by atoms with van der Waals surface area (Å²) in [6.45, 7) is 4.21. The molecule has 3 nitrogen and oxygen atoms in total. The van der Waals surface area contributed by atoms with Crippen LogP contribution in [0.4, 0.5) is 0 Å². The molecule has 0 saturated carbocycles. The van der Waals surface area contributed by atoms with Crippen LogP contribution < -0.4 is 11.3 Å². The molecule has 3 heteroatoms. The van der Waals surface area contributed by atoms with Crippen LogP contribution in [0.3, 0.4) is 0 Å². The second kappa shape index (κ2) is 4.47. The van der Waals surface area contributed by atoms with E-state index in [1.165, 1.54) is 0 Å². The number of Topliss-reactive ketones (excluding diaryl/α,β-unsaturated/α-hetero) is 1. The molecule has 1 atom stereocenters. The van der Waals surface area contributed by atoms with Crippen LogP contribution in [0.15, 0.2) is 0 Å². The monoisotopic (exact) mass is 130 g/mol. The maximum Gasteiger partial charge on any atom is 0.132 e. The molecule has 0 heterocycles. The van der Waals surface area contributed by atoms with Gasteiger partial charge in [0.05, 0.1) is 0 Å². The summed E-state index contributed by atoms with van der Waals surface area (Å²) in [4.78, 5) is 10.6. The van der Waals surface area contributed by atoms with Gasteiger partial charge in [-0.25, -0.2) is 0 Å². The van der Waals surface area contributed by atoms with Gasteiger partial charge in [-0.05, 0) is 13.3 Å². The van der Waals surface area contributed by atoms with Gasteiger partial charge in [0.2, 0.25) is 0 Å². The van der Waals surface area contributed by atoms with Gasteiger partial charge in [0.15, 0.2) is 0 Å². The Morgan fingerprint density at radius 1 is 1.78 bits per heavy atom. The van der Waals surface area contributed by atoms with Crippen LogP contribution in [0.1, 0.15) is 20.3 Å². The molecular weight excluding hydrogens is 116 g/mol. The molecule has 0 fully saturated rings. The van der Waals surface area contributed by atoms with E-state index in [4.69, 9.17) is 5.84 Å². The van der Waals surface area contributed by atoms with Crippen molar-refractivity contribution in [3.05, 3.63) is 0 Å². The van der Waals surface area contributed by atoms with E-state index in [1.807, 2.05) is 6.92 Å². The summed E-state index contributed by atoms with van der Waals surface area (Å²) in [5.74, 6) is 5.38. The lowest BCUT2D eigenvalue weighted by Gasteiger charge is -2.04. The minimum absolute atomic E-state index is 0.140. The Morgan fingerprint density at radius 2 is 2.33 bits per heavy atom. The highest BCUT2D eigenvalue weighted by Crippen LogP contribution is 1.99. The zero-order valence-corrected chi connectivity index (χ0v) is 5.98. The summed E-state index contributed by atoms with van der Waals surface area (Å²) in [5.41, 5.74) is 2.50. The van der Waals surface area contributed by atoms with E-state index in [9.17, 15) is 4.79 Å². The molecule has 0 radical (unpaired) electrons. The van der Waals surface area contributed by atoms with Crippen LogP contribution in [0.2, 0.25) is 0 Å². The van der Waals surface area contributed by atoms with Gasteiger partial charge < -0.3 is 0 Å². The second-order valence-electron chi connectivity index (χ2n) is 2.25. The summed E-state index contributed by atoms with van der Waals surface area (Å²) < 4.78 is 0. The van der Waals surface area contributed by atoms with Crippen molar-refractivity contribution in [2.24, 2.45) is 11.8 Å². The van der Waals surface area contributed by atoms with Crippen LogP contribution in [-0.2, 0) is 4.79 Å². The number of nitrogens with one attached hydrogen (secondary N) is 1. The van der Waals surface area contributed by atoms with Gasteiger partial charge in [-0.1, -0.05) is 6.92 Å². The van der Waals surface area contributed by atoms with Gasteiger partial charge >= 0.3 is 0 Å². The number of hydrazine groups is 1. The lowest BCUT2D eigenvalue weighted by Crippen LogP contribution is -2.25. The standard InChI is InChI=1S/C6H14N2O/c1-5(6(2)9)3-4-8-7/h5,8H,3-4,7H2,1-2H3. The lowest BCUT2D eigenvalue weighted by atomic mass is 10.0. The average molecular weight is 130 g/mol. The predicted octanol–water partition coefficient (Wildman–Crippen LogP) is 0.0649. The topological polar surface area (TPSA) is 55.1 Å². The number of hydrogen-bond acceptors (Lipinski definition) is 3. The van der Waals surface area contributed by atoms with E-state index in [0.717, 1.165) is 6.42 Å². The molecule has 0 saturated heterocycles. The van der Waals surface area contributed by atoms with Gasteiger partial charge in [-0.15, -0.1) is 0 Å². The average Bonchev–Trinajstić information content (AvgIpc) is 1.82. The summed E-state index contributed by atoms with van der Waals surface area (Å²) in [6.07, 6.45) is 0.825. The highest BCUT2D eigenvalue weighted by atomic mass is 16.1. The Kier molecular flexibility index (Phi) is 4.26. The summed E-state index contributed by atoms with van der Waals surface area (Å²) in [5, 5.41) is 0. The summed E-state index contributed by atoms with van der Waals surface area (Å²) in [7, 11) is 0. The van der Waals surface area contributed by atoms with Gasteiger partial charge in [-0.2, -0.15) is 0 Å². The van der Waals surface area contributed by atoms with E-state index in [1.54, 1.807) is 6.92 Å². The van der Waals surface area contributed by atoms with Crippen LogP contribution in [0.5, 0.6) is 0 Å². The fourth-order valence-electron chi connectivity index (χ4n) is 0.503. The van der Waals surface area contributed by atoms with E-state index >= 15 is 0 Å². The molecule has 0 aliphatic carbocycles. The molecule has 0 spiro atoms. The minimum atomic E-state index is 0.140. The fraction of sp³-hybridized carbons (Fsp3) is 0.833. The Balaban J connectivity index is 3.27. The molecule has 1 unspecified atom stereocenters. The number of hydrogen-bond donors (Lipinski definition) is 2. The molecule has 0 amide bonds. The zero-order valence-electron chi connectivity index (χ0n) is 5.98. The van der Waals surface area contributed by atoms with Crippen LogP contribution in [0.25, 0.3) is 0 Å². The largest absolute Gasteiger partial charge is 0.300 e. The van der Waals surface area contributed by atoms with Crippen molar-refractivity contribution in [3.8, 4) is 0 Å². The second-order valence-corrected chi connectivity index (χ2v) is 2.25. The van der Waals surface area contributed by atoms with Gasteiger partial charge in [-0.3, -0.25) is 16.1 Å². The van der Waals surface area contributed by atoms with E-state index in [0.29, 0.717) is 6.54 Å². The first-order valence-corrected chi connectivity index (χ1v) is 3.12. The third-order valence-electron chi connectivity index (χ3n) is 1.42. The number of ketones is 1. The molecule has 0 bridgehead atoms. The third kappa shape index (κ3) is 4.12. The van der Waals surface area contributed by atoms with Crippen LogP contribution in [-0.4, -0.2) is 12.3 Å². The van der Waals surface area contributed by atoms with Crippen LogP contribution >= 0.6 is 0 Å². The van der Waals surface area contributed by atoms with Crippen molar-refractivity contribution < 1.29 is 4.79 Å². The highest BCUT2D eigenvalue weighted by Gasteiger charge is 2.04. The number of carbonyl (C=O) groups excluding carboxylic acids is 1. The Labute approximate surface area is 55.6 Å². The first-order valence-electron chi connectivity index (χ1n) is 3.12. The number of carbonyl (C=O) groups is 1. The van der Waals surface area contributed by atoms with Crippen molar-refractivity contribution in [2.75, 3.05) is 6.54 Å². The minimum Gasteiger partial charge on any atom is -0.300 e. The molecule has 54 valence electrons. The van der Waals surface area contributed by atoms with Crippen molar-refractivity contribution in [1.82, 2.24) is 5.43 Å². The molecule has 0 aromatic heterocycles. The Hall–Kier alpha value is -0.410. The third-order valence-corrected chi connectivity index (χ3v) is 1.42. The van der Waals surface area contributed by atoms with Crippen molar-refractivity contribution in [2.45, 2.75) is 20.3 Å². The lowest BCUT2D eigenvalue weighted by molar-refractivity contribution is -0.120. The molecule has 0 aliphatic rings. The van der Waals surface area contributed by atoms with Crippen molar-refractivity contribution >= 4 is 5.78 Å². The number of nitrogens with two attached hydrogens (primary N) is 1. The number of rotatable bonds is 4. The maximum atomic E-state index is 10.6. The SMILES string of the molecule is CC(=O)C(C)CCNN. The molecule has 0 aliphatic heterocycles. The molecule has 0 rings (SSSR count). The Morgan fingerprint density at radius 3 is 2.67 bits per heavy atom. The summed E-state index contributed by atoms with van der Waals surface area (Å²) in [6, 6.07) is 0. The van der Waals surface area contributed by atoms with E-state index < -0.39 is 0 Å². The molecule has 3 N–H and O–H groups in total. The zero-order chi connectivity index (χ0) is 7.28. The van der Waals surface area contributed by atoms with E-state index in [-0.39, 0.29) is 11.7 Å². The molecule has 0 aromatic rings. The normalized spacial score (nSPS) is 13.2. The fourth-order valence-corrected chi connectivity index (χ4v) is 0.503. The first kappa shape index (κ1) is 8.59. The Bertz CT molecular complexity index is 93.1. The summed E-state index contributed by atoms with van der Waals surface area (Å²) >= 11 is 0. The van der Waals surface area contributed by atoms with Crippen molar-refractivity contribution in [3.63, 3.8) is 0 Å². The van der Waals surface area contributed by atoms with Gasteiger partial charge in [0.25, 0.3) is 0 Å². The molecule has 0 aromatic carbocycles. The van der Waals surface area contributed by atoms with Crippen LogP contribution in [0, 0.1) is 5.92 Å². The first-order chi connectivity index (χ1) is 4.18. The maximum absolute atomic E-state index is 10.6. The van der Waals surface area contributed by atoms with Gasteiger partial charge in [0, 0.05) is 12.5 Å². The molecule has 9 heavy (non-hydrogen) atoms. The van der Waals surface area contributed by atoms with Gasteiger partial charge in [0.1, 0.15) is 5.78 Å².